The molecule has 1 fully saturated rings. The lowest BCUT2D eigenvalue weighted by molar-refractivity contribution is 0.229. The van der Waals surface area contributed by atoms with Crippen LogP contribution in [0.15, 0.2) is 6.07 Å². The molecule has 3 aliphatic rings. The average molecular weight is 260 g/mol. The van der Waals surface area contributed by atoms with Crippen molar-refractivity contribution in [2.75, 3.05) is 39.4 Å². The number of hydrogen-bond acceptors (Lipinski definition) is 4. The van der Waals surface area contributed by atoms with Crippen molar-refractivity contribution in [3.8, 4) is 11.5 Å². The molecule has 0 bridgehead atoms. The Balaban J connectivity index is 1.69. The minimum Gasteiger partial charge on any atom is -0.493 e. The molecule has 3 heterocycles. The number of nitrogens with zero attached hydrogens (tertiary/aromatic N) is 1. The Morgan fingerprint density at radius 1 is 1.11 bits per heavy atom. The van der Waals surface area contributed by atoms with Crippen LogP contribution in [0.1, 0.15) is 16.7 Å². The van der Waals surface area contributed by atoms with Gasteiger partial charge < -0.3 is 14.8 Å². The molecular formula is C15H20N2O2. The number of piperazine rings is 1. The van der Waals surface area contributed by atoms with Gasteiger partial charge in [0.05, 0.1) is 13.2 Å². The molecule has 4 rings (SSSR count). The first kappa shape index (κ1) is 11.6. The van der Waals surface area contributed by atoms with Crippen LogP contribution < -0.4 is 14.8 Å². The highest BCUT2D eigenvalue weighted by Gasteiger charge is 2.27. The molecule has 0 atom stereocenters. The van der Waals surface area contributed by atoms with Gasteiger partial charge in [0, 0.05) is 62.3 Å². The lowest BCUT2D eigenvalue weighted by atomic mass is 9.99. The molecule has 0 radical (unpaired) electrons. The number of ether oxygens (including phenoxy) is 2. The third-order valence-corrected chi connectivity index (χ3v) is 4.35. The van der Waals surface area contributed by atoms with E-state index in [-0.39, 0.29) is 0 Å². The molecule has 102 valence electrons. The summed E-state index contributed by atoms with van der Waals surface area (Å²) >= 11 is 0. The van der Waals surface area contributed by atoms with Gasteiger partial charge in [0.2, 0.25) is 0 Å². The van der Waals surface area contributed by atoms with E-state index in [1.54, 1.807) is 0 Å². The number of rotatable bonds is 2. The van der Waals surface area contributed by atoms with Crippen molar-refractivity contribution in [1.82, 2.24) is 10.2 Å². The molecule has 4 heteroatoms. The molecular weight excluding hydrogens is 240 g/mol. The van der Waals surface area contributed by atoms with E-state index in [1.807, 2.05) is 0 Å². The van der Waals surface area contributed by atoms with Gasteiger partial charge in [-0.1, -0.05) is 0 Å². The summed E-state index contributed by atoms with van der Waals surface area (Å²) in [5, 5.41) is 3.41. The summed E-state index contributed by atoms with van der Waals surface area (Å²) in [7, 11) is 0. The summed E-state index contributed by atoms with van der Waals surface area (Å²) in [5.74, 6) is 2.26. The first-order chi connectivity index (χ1) is 9.42. The van der Waals surface area contributed by atoms with Gasteiger partial charge in [-0.3, -0.25) is 4.90 Å². The summed E-state index contributed by atoms with van der Waals surface area (Å²) in [6, 6.07) is 2.20. The average Bonchev–Trinajstić information content (AvgIpc) is 3.08. The number of nitrogens with one attached hydrogen (secondary N) is 1. The van der Waals surface area contributed by atoms with Gasteiger partial charge in [-0.15, -0.1) is 0 Å². The molecule has 1 aromatic rings. The van der Waals surface area contributed by atoms with Gasteiger partial charge in [-0.05, 0) is 6.07 Å². The van der Waals surface area contributed by atoms with Crippen molar-refractivity contribution >= 4 is 0 Å². The van der Waals surface area contributed by atoms with Crippen molar-refractivity contribution in [3.05, 3.63) is 22.8 Å². The molecule has 4 nitrogen and oxygen atoms in total. The van der Waals surface area contributed by atoms with E-state index in [2.05, 4.69) is 16.3 Å². The molecule has 1 aromatic carbocycles. The van der Waals surface area contributed by atoms with Crippen LogP contribution in [0.3, 0.4) is 0 Å². The molecule has 3 aliphatic heterocycles. The Morgan fingerprint density at radius 3 is 2.84 bits per heavy atom. The molecule has 0 aliphatic carbocycles. The summed E-state index contributed by atoms with van der Waals surface area (Å²) < 4.78 is 11.7. The largest absolute Gasteiger partial charge is 0.493 e. The van der Waals surface area contributed by atoms with E-state index in [4.69, 9.17) is 9.47 Å². The van der Waals surface area contributed by atoms with Crippen molar-refractivity contribution < 1.29 is 9.47 Å². The minimum absolute atomic E-state index is 0.826. The Bertz CT molecular complexity index is 463. The fraction of sp³-hybridized carbons (Fsp3) is 0.600. The van der Waals surface area contributed by atoms with Crippen LogP contribution in [0.4, 0.5) is 0 Å². The topological polar surface area (TPSA) is 33.7 Å². The molecule has 1 N–H and O–H groups in total. The number of fused-ring (bicyclic) bond motifs is 2. The van der Waals surface area contributed by atoms with Crippen LogP contribution in [-0.2, 0) is 19.4 Å². The number of hydrogen-bond donors (Lipinski definition) is 1. The SMILES string of the molecule is c1c2c(c(CN3CCNCC3)c3c1OCC3)OCC2. The van der Waals surface area contributed by atoms with Crippen LogP contribution in [-0.4, -0.2) is 44.3 Å². The molecule has 1 saturated heterocycles. The fourth-order valence-electron chi connectivity index (χ4n) is 3.35. The second kappa shape index (κ2) is 4.69. The molecule has 19 heavy (non-hydrogen) atoms. The second-order valence-electron chi connectivity index (χ2n) is 5.54. The third kappa shape index (κ3) is 1.99. The molecule has 0 unspecified atom stereocenters. The minimum atomic E-state index is 0.826. The zero-order valence-electron chi connectivity index (χ0n) is 11.2. The maximum Gasteiger partial charge on any atom is 0.127 e. The van der Waals surface area contributed by atoms with E-state index < -0.39 is 0 Å². The van der Waals surface area contributed by atoms with E-state index in [1.165, 1.54) is 16.7 Å². The van der Waals surface area contributed by atoms with Crippen LogP contribution in [0, 0.1) is 0 Å². The predicted molar refractivity (Wildman–Crippen MR) is 73.0 cm³/mol. The zero-order valence-corrected chi connectivity index (χ0v) is 11.2. The highest BCUT2D eigenvalue weighted by atomic mass is 16.5. The monoisotopic (exact) mass is 260 g/mol. The van der Waals surface area contributed by atoms with E-state index in [0.29, 0.717) is 0 Å². The maximum absolute atomic E-state index is 5.90. The summed E-state index contributed by atoms with van der Waals surface area (Å²) in [6.45, 7) is 7.10. The highest BCUT2D eigenvalue weighted by molar-refractivity contribution is 5.56. The van der Waals surface area contributed by atoms with Gasteiger partial charge >= 0.3 is 0 Å². The summed E-state index contributed by atoms with van der Waals surface area (Å²) in [4.78, 5) is 2.52. The van der Waals surface area contributed by atoms with Crippen molar-refractivity contribution in [3.63, 3.8) is 0 Å². The van der Waals surface area contributed by atoms with Gasteiger partial charge in [0.1, 0.15) is 11.5 Å². The van der Waals surface area contributed by atoms with Crippen LogP contribution in [0.5, 0.6) is 11.5 Å². The molecule has 0 amide bonds. The summed E-state index contributed by atoms with van der Waals surface area (Å²) in [5.41, 5.74) is 4.12. The lowest BCUT2D eigenvalue weighted by Gasteiger charge is -2.28. The highest BCUT2D eigenvalue weighted by Crippen LogP contribution is 2.41. The first-order valence-electron chi connectivity index (χ1n) is 7.28. The molecule has 0 aromatic heterocycles. The van der Waals surface area contributed by atoms with E-state index in [0.717, 1.165) is 70.3 Å². The Kier molecular flexibility index (Phi) is 2.85. The maximum atomic E-state index is 5.90. The molecule has 0 saturated carbocycles. The van der Waals surface area contributed by atoms with Gasteiger partial charge in [0.15, 0.2) is 0 Å². The van der Waals surface area contributed by atoms with Crippen LogP contribution in [0.25, 0.3) is 0 Å². The van der Waals surface area contributed by atoms with Crippen molar-refractivity contribution in [2.45, 2.75) is 19.4 Å². The smallest absolute Gasteiger partial charge is 0.127 e. The predicted octanol–water partition coefficient (Wildman–Crippen LogP) is 0.962. The fourth-order valence-corrected chi connectivity index (χ4v) is 3.35. The van der Waals surface area contributed by atoms with E-state index >= 15 is 0 Å². The normalized spacial score (nSPS) is 21.7. The Hall–Kier alpha value is -1.26. The summed E-state index contributed by atoms with van der Waals surface area (Å²) in [6.07, 6.45) is 2.06. The standard InChI is InChI=1S/C15H20N2O2/c1-7-19-15-11(1)9-14-12(2-8-18-14)13(15)10-17-5-3-16-4-6-17/h9,16H,1-8,10H2. The molecule has 0 spiro atoms. The van der Waals surface area contributed by atoms with Crippen molar-refractivity contribution in [2.24, 2.45) is 0 Å². The quantitative estimate of drug-likeness (QED) is 0.859. The number of benzene rings is 1. The first-order valence-corrected chi connectivity index (χ1v) is 7.28. The zero-order chi connectivity index (χ0) is 12.7. The van der Waals surface area contributed by atoms with Crippen LogP contribution >= 0.6 is 0 Å². The van der Waals surface area contributed by atoms with Gasteiger partial charge in [-0.25, -0.2) is 0 Å². The second-order valence-corrected chi connectivity index (χ2v) is 5.54. The Morgan fingerprint density at radius 2 is 1.95 bits per heavy atom. The van der Waals surface area contributed by atoms with Gasteiger partial charge in [0.25, 0.3) is 0 Å². The van der Waals surface area contributed by atoms with E-state index in [9.17, 15) is 0 Å². The van der Waals surface area contributed by atoms with Gasteiger partial charge in [-0.2, -0.15) is 0 Å². The third-order valence-electron chi connectivity index (χ3n) is 4.35. The lowest BCUT2D eigenvalue weighted by Crippen LogP contribution is -2.43. The van der Waals surface area contributed by atoms with Crippen LogP contribution in [0.2, 0.25) is 0 Å². The Labute approximate surface area is 113 Å². The van der Waals surface area contributed by atoms with Crippen molar-refractivity contribution in [1.29, 1.82) is 0 Å².